The van der Waals surface area contributed by atoms with Crippen LogP contribution in [0.25, 0.3) is 16.6 Å². The van der Waals surface area contributed by atoms with Gasteiger partial charge in [0.1, 0.15) is 0 Å². The van der Waals surface area contributed by atoms with Gasteiger partial charge in [-0.05, 0) is 64.2 Å². The van der Waals surface area contributed by atoms with Crippen molar-refractivity contribution >= 4 is 22.5 Å². The Bertz CT molecular complexity index is 1020. The van der Waals surface area contributed by atoms with Crippen molar-refractivity contribution in [3.05, 3.63) is 41.2 Å². The van der Waals surface area contributed by atoms with Gasteiger partial charge in [0.25, 0.3) is 0 Å². The maximum absolute atomic E-state index is 12.9. The summed E-state index contributed by atoms with van der Waals surface area (Å²) in [7, 11) is 0. The first-order valence-electron chi connectivity index (χ1n) is 10.3. The zero-order valence-corrected chi connectivity index (χ0v) is 17.0. The van der Waals surface area contributed by atoms with Gasteiger partial charge < -0.3 is 10.6 Å². The summed E-state index contributed by atoms with van der Waals surface area (Å²) < 4.78 is 1.92. The summed E-state index contributed by atoms with van der Waals surface area (Å²) in [5.74, 6) is 0.200. The highest BCUT2D eigenvalue weighted by atomic mass is 16.2. The summed E-state index contributed by atoms with van der Waals surface area (Å²) in [4.78, 5) is 19.8. The minimum Gasteiger partial charge on any atom is -0.338 e. The second-order valence-electron chi connectivity index (χ2n) is 8.02. The predicted octanol–water partition coefficient (Wildman–Crippen LogP) is 3.16. The van der Waals surface area contributed by atoms with Crippen LogP contribution < -0.4 is 5.73 Å². The molecule has 2 atom stereocenters. The van der Waals surface area contributed by atoms with Gasteiger partial charge in [-0.2, -0.15) is 5.10 Å². The van der Waals surface area contributed by atoms with E-state index >= 15 is 0 Å². The molecule has 1 saturated heterocycles. The highest BCUT2D eigenvalue weighted by molar-refractivity contribution is 5.92. The first-order chi connectivity index (χ1) is 13.5. The highest BCUT2D eigenvalue weighted by Gasteiger charge is 2.29. The molecule has 2 aromatic heterocycles. The van der Waals surface area contributed by atoms with Crippen LogP contribution in [0.3, 0.4) is 0 Å². The van der Waals surface area contributed by atoms with Gasteiger partial charge >= 0.3 is 0 Å². The molecule has 1 aliphatic rings. The first kappa shape index (κ1) is 18.9. The Hall–Kier alpha value is -2.47. The largest absolute Gasteiger partial charge is 0.338 e. The third-order valence-corrected chi connectivity index (χ3v) is 6.08. The van der Waals surface area contributed by atoms with Gasteiger partial charge in [-0.3, -0.25) is 4.79 Å². The van der Waals surface area contributed by atoms with Gasteiger partial charge in [0.2, 0.25) is 5.91 Å². The summed E-state index contributed by atoms with van der Waals surface area (Å²) >= 11 is 0. The van der Waals surface area contributed by atoms with Gasteiger partial charge in [0.15, 0.2) is 5.65 Å². The zero-order chi connectivity index (χ0) is 19.8. The number of aryl methyl sites for hydroxylation is 2. The fraction of sp³-hybridized carbons (Fsp3) is 0.500. The Balaban J connectivity index is 1.59. The fourth-order valence-electron chi connectivity index (χ4n) is 4.53. The van der Waals surface area contributed by atoms with E-state index in [-0.39, 0.29) is 18.0 Å². The van der Waals surface area contributed by atoms with Crippen molar-refractivity contribution in [3.8, 4) is 0 Å². The quantitative estimate of drug-likeness (QED) is 0.755. The standard InChI is InChI=1S/C22H29N5O/c1-14(23)20-10-6-7-13-26(20)21(28)12-11-17-15(2)24-22-18-8-4-5-9-19(18)25-27(22)16(17)3/h4-5,8-9,14,20H,6-7,10-13,23H2,1-3H3. The second-order valence-corrected chi connectivity index (χ2v) is 8.02. The molecule has 28 heavy (non-hydrogen) atoms. The van der Waals surface area contributed by atoms with E-state index in [4.69, 9.17) is 15.8 Å². The third-order valence-electron chi connectivity index (χ3n) is 6.08. The molecule has 1 aromatic carbocycles. The Labute approximate surface area is 165 Å². The molecule has 3 aromatic rings. The van der Waals surface area contributed by atoms with E-state index in [0.29, 0.717) is 12.8 Å². The number of carbonyl (C=O) groups is 1. The minimum absolute atomic E-state index is 0.0160. The monoisotopic (exact) mass is 379 g/mol. The molecule has 0 bridgehead atoms. The summed E-state index contributed by atoms with van der Waals surface area (Å²) in [6, 6.07) is 8.24. The maximum atomic E-state index is 12.9. The molecule has 6 heteroatoms. The molecule has 1 fully saturated rings. The number of rotatable bonds is 4. The topological polar surface area (TPSA) is 76.5 Å². The van der Waals surface area contributed by atoms with Crippen molar-refractivity contribution in [1.82, 2.24) is 19.5 Å². The molecular weight excluding hydrogens is 350 g/mol. The van der Waals surface area contributed by atoms with E-state index in [1.54, 1.807) is 0 Å². The number of benzene rings is 1. The molecule has 4 rings (SSSR count). The lowest BCUT2D eigenvalue weighted by Gasteiger charge is -2.38. The number of likely N-dealkylation sites (tertiary alicyclic amines) is 1. The number of nitrogens with zero attached hydrogens (tertiary/aromatic N) is 4. The number of hydrogen-bond acceptors (Lipinski definition) is 4. The van der Waals surface area contributed by atoms with Crippen LogP contribution >= 0.6 is 0 Å². The van der Waals surface area contributed by atoms with Crippen molar-refractivity contribution in [1.29, 1.82) is 0 Å². The molecule has 148 valence electrons. The van der Waals surface area contributed by atoms with Gasteiger partial charge in [-0.1, -0.05) is 12.1 Å². The third kappa shape index (κ3) is 3.26. The number of piperidine rings is 1. The van der Waals surface area contributed by atoms with Crippen molar-refractivity contribution in [2.75, 3.05) is 6.54 Å². The van der Waals surface area contributed by atoms with Crippen LogP contribution in [0.5, 0.6) is 0 Å². The van der Waals surface area contributed by atoms with Crippen molar-refractivity contribution in [2.45, 2.75) is 65.0 Å². The normalized spacial score (nSPS) is 18.7. The fourth-order valence-corrected chi connectivity index (χ4v) is 4.53. The number of aromatic nitrogens is 3. The van der Waals surface area contributed by atoms with Crippen LogP contribution in [0, 0.1) is 13.8 Å². The minimum atomic E-state index is 0.0160. The summed E-state index contributed by atoms with van der Waals surface area (Å²) in [6.07, 6.45) is 4.40. The van der Waals surface area contributed by atoms with Crippen LogP contribution in [0.2, 0.25) is 0 Å². The first-order valence-corrected chi connectivity index (χ1v) is 10.3. The summed E-state index contributed by atoms with van der Waals surface area (Å²) in [5.41, 5.74) is 11.1. The lowest BCUT2D eigenvalue weighted by atomic mass is 9.96. The van der Waals surface area contributed by atoms with E-state index in [2.05, 4.69) is 13.0 Å². The van der Waals surface area contributed by atoms with E-state index in [0.717, 1.165) is 59.3 Å². The average molecular weight is 380 g/mol. The number of hydrogen-bond donors (Lipinski definition) is 1. The SMILES string of the molecule is Cc1nc2c3ccccc3nn2c(C)c1CCC(=O)N1CCCCC1C(C)N. The van der Waals surface area contributed by atoms with Crippen LogP contribution in [-0.4, -0.2) is 44.0 Å². The van der Waals surface area contributed by atoms with Gasteiger partial charge in [-0.25, -0.2) is 9.50 Å². The molecule has 2 unspecified atom stereocenters. The van der Waals surface area contributed by atoms with E-state index in [9.17, 15) is 4.79 Å². The molecule has 1 aliphatic heterocycles. The molecule has 6 nitrogen and oxygen atoms in total. The van der Waals surface area contributed by atoms with Gasteiger partial charge in [0.05, 0.1) is 5.52 Å². The van der Waals surface area contributed by atoms with Crippen LogP contribution in [0.1, 0.15) is 49.6 Å². The van der Waals surface area contributed by atoms with E-state index < -0.39 is 0 Å². The van der Waals surface area contributed by atoms with Gasteiger partial charge in [0, 0.05) is 41.8 Å². The Morgan fingerprint density at radius 2 is 2.07 bits per heavy atom. The molecule has 0 aliphatic carbocycles. The Morgan fingerprint density at radius 3 is 2.86 bits per heavy atom. The number of nitrogens with two attached hydrogens (primary N) is 1. The smallest absolute Gasteiger partial charge is 0.223 e. The van der Waals surface area contributed by atoms with Crippen LogP contribution in [0.15, 0.2) is 24.3 Å². The predicted molar refractivity (Wildman–Crippen MR) is 111 cm³/mol. The average Bonchev–Trinajstić information content (AvgIpc) is 3.06. The van der Waals surface area contributed by atoms with Crippen LogP contribution in [-0.2, 0) is 11.2 Å². The number of fused-ring (bicyclic) bond motifs is 3. The Morgan fingerprint density at radius 1 is 1.29 bits per heavy atom. The molecule has 0 spiro atoms. The summed E-state index contributed by atoms with van der Waals surface area (Å²) in [6.45, 7) is 6.93. The molecule has 0 saturated carbocycles. The molecule has 1 amide bonds. The molecule has 0 radical (unpaired) electrons. The highest BCUT2D eigenvalue weighted by Crippen LogP contribution is 2.24. The van der Waals surface area contributed by atoms with Crippen molar-refractivity contribution in [3.63, 3.8) is 0 Å². The van der Waals surface area contributed by atoms with Crippen molar-refractivity contribution < 1.29 is 4.79 Å². The second kappa shape index (κ2) is 7.51. The zero-order valence-electron chi connectivity index (χ0n) is 17.0. The molecule has 3 heterocycles. The van der Waals surface area contributed by atoms with Gasteiger partial charge in [-0.15, -0.1) is 0 Å². The van der Waals surface area contributed by atoms with Crippen LogP contribution in [0.4, 0.5) is 0 Å². The Kier molecular flexibility index (Phi) is 5.06. The number of carbonyl (C=O) groups excluding carboxylic acids is 1. The lowest BCUT2D eigenvalue weighted by molar-refractivity contribution is -0.135. The summed E-state index contributed by atoms with van der Waals surface area (Å²) in [5, 5.41) is 5.77. The van der Waals surface area contributed by atoms with E-state index in [1.807, 2.05) is 41.5 Å². The molecular formula is C22H29N5O. The van der Waals surface area contributed by atoms with E-state index in [1.165, 1.54) is 0 Å². The van der Waals surface area contributed by atoms with Crippen molar-refractivity contribution in [2.24, 2.45) is 5.73 Å². The number of amides is 1. The molecule has 2 N–H and O–H groups in total. The lowest BCUT2D eigenvalue weighted by Crippen LogP contribution is -2.51. The maximum Gasteiger partial charge on any atom is 0.223 e.